The smallest absolute Gasteiger partial charge is 0.0408 e. The molecule has 0 saturated heterocycles. The van der Waals surface area contributed by atoms with Crippen LogP contribution in [0.2, 0.25) is 0 Å². The van der Waals surface area contributed by atoms with Gasteiger partial charge in [-0.1, -0.05) is 12.0 Å². The van der Waals surface area contributed by atoms with Crippen molar-refractivity contribution in [2.45, 2.75) is 6.92 Å². The van der Waals surface area contributed by atoms with Crippen molar-refractivity contribution >= 4 is 33.2 Å². The molecule has 0 amide bonds. The van der Waals surface area contributed by atoms with Gasteiger partial charge in [-0.05, 0) is 36.8 Å². The van der Waals surface area contributed by atoms with E-state index in [0.717, 1.165) is 16.6 Å². The molecule has 0 unspecified atom stereocenters. The topological polar surface area (TPSA) is 26.0 Å². The van der Waals surface area contributed by atoms with Crippen LogP contribution in [0.1, 0.15) is 10.4 Å². The number of anilines is 1. The van der Waals surface area contributed by atoms with Gasteiger partial charge in [0.25, 0.3) is 0 Å². The minimum atomic E-state index is 0.813. The van der Waals surface area contributed by atoms with Gasteiger partial charge >= 0.3 is 0 Å². The predicted molar refractivity (Wildman–Crippen MR) is 68.8 cm³/mol. The summed E-state index contributed by atoms with van der Waals surface area (Å²) < 4.78 is 1.21. The number of hydrogen-bond donors (Lipinski definition) is 1. The molecule has 2 N–H and O–H groups in total. The summed E-state index contributed by atoms with van der Waals surface area (Å²) in [5.41, 5.74) is 7.92. The summed E-state index contributed by atoms with van der Waals surface area (Å²) in [7, 11) is 0. The first-order valence-electron chi connectivity index (χ1n) is 4.64. The van der Waals surface area contributed by atoms with E-state index >= 15 is 0 Å². The van der Waals surface area contributed by atoms with E-state index in [1.165, 1.54) is 9.58 Å². The maximum absolute atomic E-state index is 5.96. The Bertz CT molecular complexity index is 570. The van der Waals surface area contributed by atoms with Gasteiger partial charge in [0.1, 0.15) is 0 Å². The number of nitrogen functional groups attached to an aromatic ring is 1. The summed E-state index contributed by atoms with van der Waals surface area (Å²) in [4.78, 5) is 1.24. The summed E-state index contributed by atoms with van der Waals surface area (Å²) in [5.74, 6) is 2.50. The van der Waals surface area contributed by atoms with E-state index in [9.17, 15) is 0 Å². The van der Waals surface area contributed by atoms with Crippen molar-refractivity contribution in [3.63, 3.8) is 0 Å². The number of rotatable bonds is 1. The van der Waals surface area contributed by atoms with Crippen molar-refractivity contribution in [2.24, 2.45) is 0 Å². The predicted octanol–water partition coefficient (Wildman–Crippen LogP) is 3.44. The second-order valence-electron chi connectivity index (χ2n) is 3.29. The van der Waals surface area contributed by atoms with Crippen LogP contribution in [-0.4, -0.2) is 0 Å². The minimum Gasteiger partial charge on any atom is -0.398 e. The second-order valence-corrected chi connectivity index (χ2v) is 4.55. The van der Waals surface area contributed by atoms with Gasteiger partial charge < -0.3 is 5.73 Å². The lowest BCUT2D eigenvalue weighted by Crippen LogP contribution is -1.85. The first-order valence-corrected chi connectivity index (χ1v) is 5.46. The van der Waals surface area contributed by atoms with E-state index in [0.29, 0.717) is 0 Å². The zero-order chi connectivity index (χ0) is 10.8. The van der Waals surface area contributed by atoms with Crippen molar-refractivity contribution in [1.29, 1.82) is 0 Å². The van der Waals surface area contributed by atoms with Gasteiger partial charge in [0.15, 0.2) is 0 Å². The number of fused-ring (bicyclic) bond motifs is 1. The molecule has 0 saturated carbocycles. The Morgan fingerprint density at radius 3 is 3.00 bits per heavy atom. The lowest BCUT2D eigenvalue weighted by Gasteiger charge is -1.97. The summed E-state index contributed by atoms with van der Waals surface area (Å²) in [6.07, 6.45) is 8.87. The van der Waals surface area contributed by atoms with Crippen LogP contribution >= 0.6 is 11.3 Å². The van der Waals surface area contributed by atoms with Crippen molar-refractivity contribution in [3.05, 3.63) is 34.7 Å². The number of terminal acetylenes is 1. The van der Waals surface area contributed by atoms with Gasteiger partial charge in [-0.15, -0.1) is 17.8 Å². The Kier molecular flexibility index (Phi) is 2.49. The Morgan fingerprint density at radius 2 is 2.27 bits per heavy atom. The zero-order valence-electron chi connectivity index (χ0n) is 8.45. The minimum absolute atomic E-state index is 0.813. The highest BCUT2D eigenvalue weighted by atomic mass is 32.1. The summed E-state index contributed by atoms with van der Waals surface area (Å²) in [6.45, 7) is 2.08. The third kappa shape index (κ3) is 1.62. The van der Waals surface area contributed by atoms with E-state index in [4.69, 9.17) is 12.2 Å². The van der Waals surface area contributed by atoms with Crippen molar-refractivity contribution < 1.29 is 0 Å². The molecule has 0 aliphatic carbocycles. The van der Waals surface area contributed by atoms with Crippen LogP contribution in [0.15, 0.2) is 24.3 Å². The molecule has 0 bridgehead atoms. The number of aryl methyl sites for hydroxylation is 1. The average molecular weight is 213 g/mol. The summed E-state index contributed by atoms with van der Waals surface area (Å²) >= 11 is 1.74. The van der Waals surface area contributed by atoms with Crippen molar-refractivity contribution in [1.82, 2.24) is 0 Å². The third-order valence-electron chi connectivity index (χ3n) is 2.32. The van der Waals surface area contributed by atoms with E-state index in [-0.39, 0.29) is 0 Å². The van der Waals surface area contributed by atoms with Gasteiger partial charge in [-0.3, -0.25) is 0 Å². The average Bonchev–Trinajstić information content (AvgIpc) is 2.53. The Balaban J connectivity index is 2.78. The molecule has 0 spiro atoms. The molecule has 1 heterocycles. The molecule has 0 radical (unpaired) electrons. The van der Waals surface area contributed by atoms with E-state index < -0.39 is 0 Å². The number of nitrogens with two attached hydrogens (primary N) is 1. The third-order valence-corrected chi connectivity index (χ3v) is 3.40. The molecular formula is C13H11NS. The monoisotopic (exact) mass is 213 g/mol. The highest BCUT2D eigenvalue weighted by molar-refractivity contribution is 7.19. The molecular weight excluding hydrogens is 202 g/mol. The SMILES string of the molecule is C#C/C=C\c1c(C)sc2cccc(N)c12. The van der Waals surface area contributed by atoms with Crippen LogP contribution in [0, 0.1) is 19.3 Å². The highest BCUT2D eigenvalue weighted by Gasteiger charge is 2.08. The Hall–Kier alpha value is -1.72. The van der Waals surface area contributed by atoms with Crippen LogP contribution in [0.5, 0.6) is 0 Å². The van der Waals surface area contributed by atoms with Crippen molar-refractivity contribution in [3.8, 4) is 12.3 Å². The fraction of sp³-hybridized carbons (Fsp3) is 0.0769. The standard InChI is InChI=1S/C13H11NS/c1-3-4-6-10-9(2)15-12-8-5-7-11(14)13(10)12/h1,4-8H,14H2,2H3/b6-4-. The lowest BCUT2D eigenvalue weighted by molar-refractivity contribution is 1.61. The largest absolute Gasteiger partial charge is 0.398 e. The normalized spacial score (nSPS) is 10.9. The molecule has 0 atom stereocenters. The fourth-order valence-corrected chi connectivity index (χ4v) is 2.74. The number of benzene rings is 1. The van der Waals surface area contributed by atoms with Gasteiger partial charge in [0.2, 0.25) is 0 Å². The first kappa shape index (κ1) is 9.82. The molecule has 74 valence electrons. The quantitative estimate of drug-likeness (QED) is 0.570. The molecule has 0 fully saturated rings. The van der Waals surface area contributed by atoms with Gasteiger partial charge in [-0.2, -0.15) is 0 Å². The molecule has 15 heavy (non-hydrogen) atoms. The summed E-state index contributed by atoms with van der Waals surface area (Å²) in [5, 5.41) is 1.12. The van der Waals surface area contributed by atoms with Crippen LogP contribution in [0.4, 0.5) is 5.69 Å². The van der Waals surface area contributed by atoms with Crippen LogP contribution in [-0.2, 0) is 0 Å². The highest BCUT2D eigenvalue weighted by Crippen LogP contribution is 2.35. The fourth-order valence-electron chi connectivity index (χ4n) is 1.65. The zero-order valence-corrected chi connectivity index (χ0v) is 9.27. The molecule has 2 rings (SSSR count). The van der Waals surface area contributed by atoms with Crippen LogP contribution < -0.4 is 5.73 Å². The molecule has 1 aromatic carbocycles. The van der Waals surface area contributed by atoms with E-state index in [1.807, 2.05) is 18.2 Å². The molecule has 0 aliphatic rings. The van der Waals surface area contributed by atoms with Gasteiger partial charge in [0.05, 0.1) is 0 Å². The second kappa shape index (κ2) is 3.80. The van der Waals surface area contributed by atoms with E-state index in [1.54, 1.807) is 17.4 Å². The summed E-state index contributed by atoms with van der Waals surface area (Å²) in [6, 6.07) is 5.97. The number of hydrogen-bond acceptors (Lipinski definition) is 2. The molecule has 1 aromatic heterocycles. The maximum Gasteiger partial charge on any atom is 0.0408 e. The maximum atomic E-state index is 5.96. The van der Waals surface area contributed by atoms with Gasteiger partial charge in [-0.25, -0.2) is 0 Å². The Morgan fingerprint density at radius 1 is 1.47 bits per heavy atom. The molecule has 0 aliphatic heterocycles. The number of allylic oxidation sites excluding steroid dienone is 1. The van der Waals surface area contributed by atoms with Crippen LogP contribution in [0.25, 0.3) is 16.2 Å². The van der Waals surface area contributed by atoms with Gasteiger partial charge in [0, 0.05) is 20.7 Å². The Labute approximate surface area is 93.2 Å². The molecule has 2 heteroatoms. The molecule has 2 aromatic rings. The first-order chi connectivity index (χ1) is 7.24. The van der Waals surface area contributed by atoms with Crippen molar-refractivity contribution in [2.75, 3.05) is 5.73 Å². The van der Waals surface area contributed by atoms with E-state index in [2.05, 4.69) is 18.9 Å². The lowest BCUT2D eigenvalue weighted by atomic mass is 10.1. The molecule has 1 nitrogen and oxygen atoms in total. The van der Waals surface area contributed by atoms with Crippen LogP contribution in [0.3, 0.4) is 0 Å². The number of thiophene rings is 1.